The number of aromatic nitrogens is 1. The summed E-state index contributed by atoms with van der Waals surface area (Å²) in [6, 6.07) is 3.10. The molecule has 6 heteroatoms. The van der Waals surface area contributed by atoms with Crippen molar-refractivity contribution in [2.45, 2.75) is 26.4 Å². The largest absolute Gasteiger partial charge is 0.444 e. The second kappa shape index (κ2) is 5.48. The Morgan fingerprint density at radius 3 is 2.39 bits per heavy atom. The minimum Gasteiger partial charge on any atom is -0.444 e. The van der Waals surface area contributed by atoms with Gasteiger partial charge in [-0.15, -0.1) is 0 Å². The normalized spacial score (nSPS) is 10.7. The van der Waals surface area contributed by atoms with Gasteiger partial charge in [-0.05, 0) is 32.9 Å². The number of rotatable bonds is 2. The summed E-state index contributed by atoms with van der Waals surface area (Å²) < 4.78 is 5.08. The summed E-state index contributed by atoms with van der Waals surface area (Å²) in [5.74, 6) is -0.279. The van der Waals surface area contributed by atoms with Crippen molar-refractivity contribution >= 4 is 17.7 Å². The summed E-state index contributed by atoms with van der Waals surface area (Å²) >= 11 is 0. The molecule has 0 aromatic carbocycles. The van der Waals surface area contributed by atoms with Gasteiger partial charge in [0.25, 0.3) is 5.91 Å². The zero-order valence-electron chi connectivity index (χ0n) is 10.9. The van der Waals surface area contributed by atoms with Crippen LogP contribution in [0.3, 0.4) is 0 Å². The van der Waals surface area contributed by atoms with Crippen LogP contribution in [0.5, 0.6) is 0 Å². The molecule has 1 heterocycles. The zero-order chi connectivity index (χ0) is 13.8. The van der Waals surface area contributed by atoms with Gasteiger partial charge in [0, 0.05) is 7.05 Å². The number of ether oxygens (including phenoxy) is 1. The van der Waals surface area contributed by atoms with Gasteiger partial charge in [-0.25, -0.2) is 9.78 Å². The molecular weight excluding hydrogens is 234 g/mol. The number of carbonyl (C=O) groups is 2. The molecule has 1 aromatic heterocycles. The minimum atomic E-state index is -0.558. The third-order valence-electron chi connectivity index (χ3n) is 1.87. The monoisotopic (exact) mass is 251 g/mol. The van der Waals surface area contributed by atoms with Crippen molar-refractivity contribution in [3.63, 3.8) is 0 Å². The molecule has 0 aliphatic heterocycles. The molecule has 0 unspecified atom stereocenters. The second-order valence-electron chi connectivity index (χ2n) is 4.64. The first-order valence-electron chi connectivity index (χ1n) is 5.50. The maximum atomic E-state index is 11.5. The SMILES string of the molecule is CNC(=O)c1ccc(NC(=O)OC(C)(C)C)cn1. The van der Waals surface area contributed by atoms with E-state index in [4.69, 9.17) is 4.74 Å². The average Bonchev–Trinajstić information content (AvgIpc) is 2.26. The molecule has 0 fully saturated rings. The Bertz CT molecular complexity index is 435. The van der Waals surface area contributed by atoms with Gasteiger partial charge in [-0.3, -0.25) is 10.1 Å². The average molecular weight is 251 g/mol. The fourth-order valence-electron chi connectivity index (χ4n) is 1.15. The van der Waals surface area contributed by atoms with E-state index in [1.165, 1.54) is 19.3 Å². The van der Waals surface area contributed by atoms with Crippen LogP contribution in [-0.4, -0.2) is 29.6 Å². The van der Waals surface area contributed by atoms with Crippen LogP contribution in [-0.2, 0) is 4.74 Å². The van der Waals surface area contributed by atoms with Gasteiger partial charge in [-0.2, -0.15) is 0 Å². The number of amides is 2. The van der Waals surface area contributed by atoms with E-state index in [1.54, 1.807) is 26.8 Å². The van der Waals surface area contributed by atoms with Crippen molar-refractivity contribution in [2.24, 2.45) is 0 Å². The minimum absolute atomic E-state index is 0.279. The van der Waals surface area contributed by atoms with Crippen LogP contribution in [0.25, 0.3) is 0 Å². The standard InChI is InChI=1S/C12H17N3O3/c1-12(2,3)18-11(17)15-8-5-6-9(14-7-8)10(16)13-4/h5-7H,1-4H3,(H,13,16)(H,15,17). The summed E-state index contributed by atoms with van der Waals surface area (Å²) in [4.78, 5) is 26.6. The number of nitrogens with one attached hydrogen (secondary N) is 2. The zero-order valence-corrected chi connectivity index (χ0v) is 10.9. The van der Waals surface area contributed by atoms with Crippen LogP contribution in [0, 0.1) is 0 Å². The molecule has 18 heavy (non-hydrogen) atoms. The lowest BCUT2D eigenvalue weighted by atomic mass is 10.2. The van der Waals surface area contributed by atoms with E-state index in [0.717, 1.165) is 0 Å². The Hall–Kier alpha value is -2.11. The summed E-state index contributed by atoms with van der Waals surface area (Å²) in [7, 11) is 1.52. The van der Waals surface area contributed by atoms with Gasteiger partial charge in [0.2, 0.25) is 0 Å². The van der Waals surface area contributed by atoms with Crippen LogP contribution in [0.1, 0.15) is 31.3 Å². The molecule has 1 rings (SSSR count). The van der Waals surface area contributed by atoms with E-state index in [0.29, 0.717) is 5.69 Å². The Morgan fingerprint density at radius 2 is 1.94 bits per heavy atom. The molecule has 0 spiro atoms. The van der Waals surface area contributed by atoms with E-state index < -0.39 is 11.7 Å². The Labute approximate surface area is 106 Å². The molecule has 0 bridgehead atoms. The van der Waals surface area contributed by atoms with E-state index >= 15 is 0 Å². The molecule has 0 atom stereocenters. The molecule has 0 saturated heterocycles. The first-order valence-corrected chi connectivity index (χ1v) is 5.50. The predicted octanol–water partition coefficient (Wildman–Crippen LogP) is 1.79. The molecule has 6 nitrogen and oxygen atoms in total. The lowest BCUT2D eigenvalue weighted by Gasteiger charge is -2.19. The van der Waals surface area contributed by atoms with Crippen molar-refractivity contribution in [2.75, 3.05) is 12.4 Å². The molecule has 0 aliphatic carbocycles. The Morgan fingerprint density at radius 1 is 1.28 bits per heavy atom. The summed E-state index contributed by atoms with van der Waals surface area (Å²) in [6.45, 7) is 5.33. The highest BCUT2D eigenvalue weighted by atomic mass is 16.6. The van der Waals surface area contributed by atoms with E-state index in [-0.39, 0.29) is 11.6 Å². The van der Waals surface area contributed by atoms with E-state index in [1.807, 2.05) is 0 Å². The molecule has 2 N–H and O–H groups in total. The van der Waals surface area contributed by atoms with Crippen molar-refractivity contribution < 1.29 is 14.3 Å². The van der Waals surface area contributed by atoms with Gasteiger partial charge < -0.3 is 10.1 Å². The summed E-state index contributed by atoms with van der Waals surface area (Å²) in [6.07, 6.45) is 0.839. The van der Waals surface area contributed by atoms with Crippen LogP contribution >= 0.6 is 0 Å². The number of hydrogen-bond acceptors (Lipinski definition) is 4. The third-order valence-corrected chi connectivity index (χ3v) is 1.87. The third kappa shape index (κ3) is 4.40. The van der Waals surface area contributed by atoms with Crippen LogP contribution in [0.2, 0.25) is 0 Å². The van der Waals surface area contributed by atoms with Gasteiger partial charge in [-0.1, -0.05) is 0 Å². The van der Waals surface area contributed by atoms with Gasteiger partial charge in [0.05, 0.1) is 11.9 Å². The lowest BCUT2D eigenvalue weighted by Crippen LogP contribution is -2.27. The number of anilines is 1. The van der Waals surface area contributed by atoms with E-state index in [2.05, 4.69) is 15.6 Å². The highest BCUT2D eigenvalue weighted by Gasteiger charge is 2.16. The number of hydrogen-bond donors (Lipinski definition) is 2. The number of pyridine rings is 1. The van der Waals surface area contributed by atoms with Gasteiger partial charge in [0.15, 0.2) is 0 Å². The quantitative estimate of drug-likeness (QED) is 0.839. The molecule has 1 aromatic rings. The molecule has 0 aliphatic rings. The van der Waals surface area contributed by atoms with Gasteiger partial charge in [0.1, 0.15) is 11.3 Å². The van der Waals surface area contributed by atoms with Crippen LogP contribution in [0.4, 0.5) is 10.5 Å². The van der Waals surface area contributed by atoms with Gasteiger partial charge >= 0.3 is 6.09 Å². The molecular formula is C12H17N3O3. The predicted molar refractivity (Wildman–Crippen MR) is 67.5 cm³/mol. The Kier molecular flexibility index (Phi) is 4.25. The highest BCUT2D eigenvalue weighted by Crippen LogP contribution is 2.11. The Balaban J connectivity index is 2.64. The smallest absolute Gasteiger partial charge is 0.412 e. The molecule has 98 valence electrons. The van der Waals surface area contributed by atoms with Crippen molar-refractivity contribution in [3.05, 3.63) is 24.0 Å². The number of carbonyl (C=O) groups excluding carboxylic acids is 2. The maximum Gasteiger partial charge on any atom is 0.412 e. The fraction of sp³-hybridized carbons (Fsp3) is 0.417. The topological polar surface area (TPSA) is 80.3 Å². The van der Waals surface area contributed by atoms with Crippen LogP contribution < -0.4 is 10.6 Å². The lowest BCUT2D eigenvalue weighted by molar-refractivity contribution is 0.0635. The maximum absolute atomic E-state index is 11.5. The molecule has 2 amide bonds. The number of nitrogens with zero attached hydrogens (tertiary/aromatic N) is 1. The summed E-state index contributed by atoms with van der Waals surface area (Å²) in [5, 5.41) is 4.99. The van der Waals surface area contributed by atoms with Crippen LogP contribution in [0.15, 0.2) is 18.3 Å². The molecule has 0 radical (unpaired) electrons. The van der Waals surface area contributed by atoms with Crippen molar-refractivity contribution in [1.29, 1.82) is 0 Å². The van der Waals surface area contributed by atoms with Crippen molar-refractivity contribution in [3.8, 4) is 0 Å². The molecule has 0 saturated carbocycles. The summed E-state index contributed by atoms with van der Waals surface area (Å²) in [5.41, 5.74) is 0.198. The fourth-order valence-corrected chi connectivity index (χ4v) is 1.15. The van der Waals surface area contributed by atoms with Crippen molar-refractivity contribution in [1.82, 2.24) is 10.3 Å². The van der Waals surface area contributed by atoms with E-state index in [9.17, 15) is 9.59 Å². The second-order valence-corrected chi connectivity index (χ2v) is 4.64. The first-order chi connectivity index (χ1) is 8.31. The highest BCUT2D eigenvalue weighted by molar-refractivity contribution is 5.92. The first kappa shape index (κ1) is 14.0.